The standard InChI is InChI=1S/C33H39BrN4O5/c1-33(2,3)43-32(39)38-18-22-15-23(38)17-37(22)30-26-16-25(21-9-10-21)27(34)29(41-19-20-7-5-4-6-8-20)28(26)35-31(36-30)42-24-11-13-40-14-12-24/h4-8,16,21-24H,9-15,17-19H2,1-3H3/t22-,23?/m0/s1. The van der Waals surface area contributed by atoms with E-state index in [2.05, 4.69) is 39.0 Å². The Bertz CT molecular complexity index is 1500. The van der Waals surface area contributed by atoms with E-state index in [1.807, 2.05) is 43.9 Å². The molecule has 228 valence electrons. The van der Waals surface area contributed by atoms with Gasteiger partial charge in [-0.3, -0.25) is 0 Å². The van der Waals surface area contributed by atoms with Crippen LogP contribution in [0.5, 0.6) is 11.8 Å². The molecule has 2 atom stereocenters. The SMILES string of the molecule is CC(C)(C)OC(=O)N1C[C@@H]2CC1CN2c1nc(OC2CCOCC2)nc2c(OCc3ccccc3)c(Br)c(C3CC3)cc12. The maximum Gasteiger partial charge on any atom is 0.410 e. The molecule has 1 amide bonds. The highest BCUT2D eigenvalue weighted by Crippen LogP contribution is 2.50. The van der Waals surface area contributed by atoms with Crippen LogP contribution in [-0.2, 0) is 16.1 Å². The van der Waals surface area contributed by atoms with Crippen LogP contribution in [0.3, 0.4) is 0 Å². The second-order valence-electron chi connectivity index (χ2n) is 13.1. The highest BCUT2D eigenvalue weighted by molar-refractivity contribution is 9.10. The fourth-order valence-corrected chi connectivity index (χ4v) is 7.18. The minimum atomic E-state index is -0.527. The van der Waals surface area contributed by atoms with Crippen molar-refractivity contribution in [1.29, 1.82) is 0 Å². The number of aromatic nitrogens is 2. The van der Waals surface area contributed by atoms with E-state index in [0.29, 0.717) is 44.8 Å². The van der Waals surface area contributed by atoms with Gasteiger partial charge >= 0.3 is 12.1 Å². The van der Waals surface area contributed by atoms with Gasteiger partial charge in [0, 0.05) is 31.3 Å². The summed E-state index contributed by atoms with van der Waals surface area (Å²) in [7, 11) is 0. The molecular formula is C33H39BrN4O5. The van der Waals surface area contributed by atoms with Crippen molar-refractivity contribution in [2.45, 2.75) is 89.2 Å². The third-order valence-corrected chi connectivity index (χ3v) is 9.51. The van der Waals surface area contributed by atoms with Crippen LogP contribution in [0.4, 0.5) is 10.6 Å². The molecule has 3 aromatic rings. The van der Waals surface area contributed by atoms with Crippen LogP contribution in [-0.4, -0.2) is 71.1 Å². The lowest BCUT2D eigenvalue weighted by molar-refractivity contribution is 0.0206. The molecule has 1 aromatic heterocycles. The molecule has 4 heterocycles. The van der Waals surface area contributed by atoms with Gasteiger partial charge in [-0.2, -0.15) is 9.97 Å². The van der Waals surface area contributed by atoms with Gasteiger partial charge in [-0.15, -0.1) is 0 Å². The van der Waals surface area contributed by atoms with E-state index in [4.69, 9.17) is 28.9 Å². The second-order valence-corrected chi connectivity index (χ2v) is 13.9. The Balaban J connectivity index is 1.28. The first-order chi connectivity index (χ1) is 20.7. The smallest absolute Gasteiger partial charge is 0.410 e. The van der Waals surface area contributed by atoms with E-state index in [1.165, 1.54) is 5.56 Å². The summed E-state index contributed by atoms with van der Waals surface area (Å²) >= 11 is 3.91. The van der Waals surface area contributed by atoms with Crippen LogP contribution in [0.15, 0.2) is 40.9 Å². The van der Waals surface area contributed by atoms with Gasteiger partial charge in [-0.25, -0.2) is 4.79 Å². The average molecular weight is 652 g/mol. The lowest BCUT2D eigenvalue weighted by Gasteiger charge is -2.36. The molecule has 3 aliphatic heterocycles. The Kier molecular flexibility index (Phi) is 7.62. The molecule has 2 bridgehead atoms. The van der Waals surface area contributed by atoms with Crippen molar-refractivity contribution >= 4 is 38.7 Å². The zero-order valence-electron chi connectivity index (χ0n) is 25.1. The van der Waals surface area contributed by atoms with Gasteiger partial charge in [0.05, 0.1) is 29.8 Å². The summed E-state index contributed by atoms with van der Waals surface area (Å²) in [5.41, 5.74) is 2.54. The quantitative estimate of drug-likeness (QED) is 0.283. The Hall–Kier alpha value is -3.11. The third-order valence-electron chi connectivity index (χ3n) is 8.70. The number of amides is 1. The van der Waals surface area contributed by atoms with E-state index in [0.717, 1.165) is 64.6 Å². The fourth-order valence-electron chi connectivity index (χ4n) is 6.44. The molecule has 0 spiro atoms. The highest BCUT2D eigenvalue weighted by Gasteiger charge is 2.48. The van der Waals surface area contributed by atoms with Gasteiger partial charge < -0.3 is 28.7 Å². The molecule has 1 saturated carbocycles. The van der Waals surface area contributed by atoms with Gasteiger partial charge in [0.1, 0.15) is 29.6 Å². The topological polar surface area (TPSA) is 86.3 Å². The molecule has 4 fully saturated rings. The molecule has 2 aromatic carbocycles. The first kappa shape index (κ1) is 28.6. The summed E-state index contributed by atoms with van der Waals surface area (Å²) < 4.78 is 25.2. The first-order valence-electron chi connectivity index (χ1n) is 15.4. The highest BCUT2D eigenvalue weighted by atomic mass is 79.9. The number of nitrogens with zero attached hydrogens (tertiary/aromatic N) is 4. The van der Waals surface area contributed by atoms with Crippen LogP contribution in [0.2, 0.25) is 0 Å². The van der Waals surface area contributed by atoms with Crippen LogP contribution < -0.4 is 14.4 Å². The number of halogens is 1. The minimum Gasteiger partial charge on any atom is -0.485 e. The predicted molar refractivity (Wildman–Crippen MR) is 167 cm³/mol. The molecular weight excluding hydrogens is 612 g/mol. The fraction of sp³-hybridized carbons (Fsp3) is 0.545. The molecule has 4 aliphatic rings. The maximum atomic E-state index is 13.0. The van der Waals surface area contributed by atoms with Crippen molar-refractivity contribution in [3.63, 3.8) is 0 Å². The predicted octanol–water partition coefficient (Wildman–Crippen LogP) is 6.60. The monoisotopic (exact) mass is 650 g/mol. The van der Waals surface area contributed by atoms with E-state index >= 15 is 0 Å². The van der Waals surface area contributed by atoms with Crippen LogP contribution in [0, 0.1) is 0 Å². The Morgan fingerprint density at radius 2 is 1.81 bits per heavy atom. The maximum absolute atomic E-state index is 13.0. The van der Waals surface area contributed by atoms with Crippen molar-refractivity contribution in [1.82, 2.24) is 14.9 Å². The van der Waals surface area contributed by atoms with E-state index in [9.17, 15) is 4.79 Å². The van der Waals surface area contributed by atoms with Crippen molar-refractivity contribution < 1.29 is 23.7 Å². The zero-order chi connectivity index (χ0) is 29.7. The van der Waals surface area contributed by atoms with Crippen molar-refractivity contribution in [3.05, 3.63) is 52.0 Å². The average Bonchev–Trinajstić information content (AvgIpc) is 3.62. The second kappa shape index (κ2) is 11.4. The molecule has 1 aliphatic carbocycles. The summed E-state index contributed by atoms with van der Waals surface area (Å²) in [6.45, 7) is 8.78. The Morgan fingerprint density at radius 1 is 1.05 bits per heavy atom. The normalized spacial score (nSPS) is 22.3. The van der Waals surface area contributed by atoms with E-state index in [-0.39, 0.29) is 24.3 Å². The number of anilines is 1. The van der Waals surface area contributed by atoms with Crippen molar-refractivity contribution in [3.8, 4) is 11.8 Å². The number of carbonyl (C=O) groups excluding carboxylic acids is 1. The molecule has 9 nitrogen and oxygen atoms in total. The summed E-state index contributed by atoms with van der Waals surface area (Å²) in [6, 6.07) is 13.0. The number of rotatable bonds is 7. The summed E-state index contributed by atoms with van der Waals surface area (Å²) in [5, 5.41) is 0.962. The van der Waals surface area contributed by atoms with Crippen molar-refractivity contribution in [2.24, 2.45) is 0 Å². The van der Waals surface area contributed by atoms with Gasteiger partial charge in [0.2, 0.25) is 0 Å². The molecule has 1 unspecified atom stereocenters. The van der Waals surface area contributed by atoms with Gasteiger partial charge in [0.15, 0.2) is 5.75 Å². The Labute approximate surface area is 261 Å². The molecule has 43 heavy (non-hydrogen) atoms. The molecule has 0 radical (unpaired) electrons. The number of piperazine rings is 1. The zero-order valence-corrected chi connectivity index (χ0v) is 26.6. The lowest BCUT2D eigenvalue weighted by atomic mass is 10.1. The Morgan fingerprint density at radius 3 is 2.49 bits per heavy atom. The number of fused-ring (bicyclic) bond motifs is 3. The minimum absolute atomic E-state index is 0.000366. The summed E-state index contributed by atoms with van der Waals surface area (Å²) in [6.07, 6.45) is 4.55. The lowest BCUT2D eigenvalue weighted by Crippen LogP contribution is -2.50. The van der Waals surface area contributed by atoms with Crippen LogP contribution >= 0.6 is 15.9 Å². The summed E-state index contributed by atoms with van der Waals surface area (Å²) in [4.78, 5) is 27.3. The number of hydrogen-bond acceptors (Lipinski definition) is 8. The molecule has 10 heteroatoms. The molecule has 0 N–H and O–H groups in total. The molecule has 3 saturated heterocycles. The van der Waals surface area contributed by atoms with E-state index in [1.54, 1.807) is 0 Å². The number of hydrogen-bond donors (Lipinski definition) is 0. The van der Waals surface area contributed by atoms with Crippen LogP contribution in [0.25, 0.3) is 10.9 Å². The third kappa shape index (κ3) is 6.00. The molecule has 7 rings (SSSR count). The van der Waals surface area contributed by atoms with Gasteiger partial charge in [-0.05, 0) is 79.1 Å². The van der Waals surface area contributed by atoms with Crippen molar-refractivity contribution in [2.75, 3.05) is 31.2 Å². The largest absolute Gasteiger partial charge is 0.485 e. The van der Waals surface area contributed by atoms with Gasteiger partial charge in [0.25, 0.3) is 0 Å². The number of benzene rings is 2. The summed E-state index contributed by atoms with van der Waals surface area (Å²) in [5.74, 6) is 2.06. The van der Waals surface area contributed by atoms with Crippen LogP contribution in [0.1, 0.15) is 69.9 Å². The number of likely N-dealkylation sites (tertiary alicyclic amines) is 1. The van der Waals surface area contributed by atoms with Gasteiger partial charge in [-0.1, -0.05) is 30.3 Å². The number of ether oxygens (including phenoxy) is 4. The van der Waals surface area contributed by atoms with E-state index < -0.39 is 5.60 Å². The number of carbonyl (C=O) groups is 1. The first-order valence-corrected chi connectivity index (χ1v) is 16.2.